The number of carbonyl (C=O) groups is 1. The van der Waals surface area contributed by atoms with E-state index in [4.69, 9.17) is 4.74 Å². The summed E-state index contributed by atoms with van der Waals surface area (Å²) in [5.41, 5.74) is 1.86. The van der Waals surface area contributed by atoms with Gasteiger partial charge in [0.2, 0.25) is 0 Å². The molecule has 4 nitrogen and oxygen atoms in total. The van der Waals surface area contributed by atoms with E-state index in [2.05, 4.69) is 4.74 Å². The molecule has 0 aromatic heterocycles. The fourth-order valence-corrected chi connectivity index (χ4v) is 1.43. The minimum Gasteiger partial charge on any atom is -0.495 e. The fourth-order valence-electron chi connectivity index (χ4n) is 1.43. The number of carbonyl (C=O) groups excluding carboxylic acids is 1. The highest BCUT2D eigenvalue weighted by atomic mass is 16.5. The van der Waals surface area contributed by atoms with Gasteiger partial charge in [-0.25, -0.2) is 0 Å². The van der Waals surface area contributed by atoms with Gasteiger partial charge < -0.3 is 14.4 Å². The van der Waals surface area contributed by atoms with Crippen molar-refractivity contribution in [1.29, 1.82) is 0 Å². The third-order valence-corrected chi connectivity index (χ3v) is 2.30. The Kier molecular flexibility index (Phi) is 4.17. The lowest BCUT2D eigenvalue weighted by atomic mass is 10.1. The van der Waals surface area contributed by atoms with Gasteiger partial charge in [0.1, 0.15) is 5.75 Å². The van der Waals surface area contributed by atoms with Crippen LogP contribution < -0.4 is 9.64 Å². The van der Waals surface area contributed by atoms with Crippen LogP contribution in [-0.2, 0) is 16.0 Å². The van der Waals surface area contributed by atoms with Gasteiger partial charge in [0.05, 0.1) is 26.3 Å². The van der Waals surface area contributed by atoms with Crippen molar-refractivity contribution in [2.45, 2.75) is 6.42 Å². The molecule has 0 radical (unpaired) electrons. The van der Waals surface area contributed by atoms with Gasteiger partial charge in [0.15, 0.2) is 0 Å². The molecule has 4 heteroatoms. The fraction of sp³-hybridized carbons (Fsp3) is 0.417. The van der Waals surface area contributed by atoms with Crippen molar-refractivity contribution < 1.29 is 14.3 Å². The number of esters is 1. The van der Waals surface area contributed by atoms with Crippen molar-refractivity contribution in [2.24, 2.45) is 0 Å². The molecule has 88 valence electrons. The smallest absolute Gasteiger partial charge is 0.309 e. The van der Waals surface area contributed by atoms with E-state index in [9.17, 15) is 4.79 Å². The van der Waals surface area contributed by atoms with Crippen LogP contribution in [0.4, 0.5) is 5.69 Å². The second kappa shape index (κ2) is 5.39. The molecule has 1 aromatic rings. The molecule has 0 heterocycles. The van der Waals surface area contributed by atoms with Crippen LogP contribution >= 0.6 is 0 Å². The lowest BCUT2D eigenvalue weighted by Crippen LogP contribution is -2.11. The third kappa shape index (κ3) is 2.89. The molecule has 0 bridgehead atoms. The lowest BCUT2D eigenvalue weighted by molar-refractivity contribution is -0.139. The van der Waals surface area contributed by atoms with Gasteiger partial charge >= 0.3 is 5.97 Å². The van der Waals surface area contributed by atoms with Crippen LogP contribution in [0.5, 0.6) is 5.75 Å². The molecule has 0 fully saturated rings. The maximum Gasteiger partial charge on any atom is 0.309 e. The van der Waals surface area contributed by atoms with Crippen molar-refractivity contribution in [1.82, 2.24) is 0 Å². The van der Waals surface area contributed by atoms with Crippen LogP contribution in [-0.4, -0.2) is 34.3 Å². The highest BCUT2D eigenvalue weighted by molar-refractivity contribution is 5.73. The van der Waals surface area contributed by atoms with Crippen LogP contribution in [0.15, 0.2) is 18.2 Å². The minimum atomic E-state index is -0.241. The van der Waals surface area contributed by atoms with Gasteiger partial charge in [0, 0.05) is 14.1 Å². The number of methoxy groups -OCH3 is 2. The van der Waals surface area contributed by atoms with Crippen LogP contribution in [0, 0.1) is 0 Å². The number of hydrogen-bond donors (Lipinski definition) is 0. The summed E-state index contributed by atoms with van der Waals surface area (Å²) in [4.78, 5) is 13.1. The summed E-state index contributed by atoms with van der Waals surface area (Å²) in [5.74, 6) is 0.550. The number of anilines is 1. The van der Waals surface area contributed by atoms with Crippen LogP contribution in [0.3, 0.4) is 0 Å². The van der Waals surface area contributed by atoms with E-state index in [0.717, 1.165) is 17.0 Å². The molecule has 0 atom stereocenters. The number of ether oxygens (including phenoxy) is 2. The zero-order valence-corrected chi connectivity index (χ0v) is 10.1. The molecule has 1 rings (SSSR count). The predicted molar refractivity (Wildman–Crippen MR) is 63.0 cm³/mol. The Labute approximate surface area is 95.8 Å². The van der Waals surface area contributed by atoms with Crippen LogP contribution in [0.2, 0.25) is 0 Å². The van der Waals surface area contributed by atoms with E-state index in [1.165, 1.54) is 7.11 Å². The predicted octanol–water partition coefficient (Wildman–Crippen LogP) is 1.48. The standard InChI is InChI=1S/C12H17NO3/c1-13(2)10-7-9(8-12(14)16-4)5-6-11(10)15-3/h5-7H,8H2,1-4H3. The first-order valence-electron chi connectivity index (χ1n) is 4.99. The number of benzene rings is 1. The van der Waals surface area contributed by atoms with Gasteiger partial charge in [-0.15, -0.1) is 0 Å². The Morgan fingerprint density at radius 3 is 2.50 bits per heavy atom. The summed E-state index contributed by atoms with van der Waals surface area (Å²) >= 11 is 0. The Balaban J connectivity index is 2.97. The molecule has 0 unspecified atom stereocenters. The van der Waals surface area contributed by atoms with E-state index in [1.54, 1.807) is 7.11 Å². The Morgan fingerprint density at radius 1 is 1.31 bits per heavy atom. The molecule has 0 aliphatic carbocycles. The van der Waals surface area contributed by atoms with E-state index in [-0.39, 0.29) is 12.4 Å². The summed E-state index contributed by atoms with van der Waals surface area (Å²) in [6.45, 7) is 0. The van der Waals surface area contributed by atoms with Gasteiger partial charge in [0.25, 0.3) is 0 Å². The Bertz CT molecular complexity index is 375. The van der Waals surface area contributed by atoms with E-state index in [1.807, 2.05) is 37.2 Å². The lowest BCUT2D eigenvalue weighted by Gasteiger charge is -2.17. The average molecular weight is 223 g/mol. The van der Waals surface area contributed by atoms with Crippen molar-refractivity contribution in [3.05, 3.63) is 23.8 Å². The van der Waals surface area contributed by atoms with Gasteiger partial charge in [-0.2, -0.15) is 0 Å². The molecule has 0 spiro atoms. The third-order valence-electron chi connectivity index (χ3n) is 2.30. The molecular formula is C12H17NO3. The van der Waals surface area contributed by atoms with E-state index >= 15 is 0 Å². The second-order valence-electron chi connectivity index (χ2n) is 3.65. The summed E-state index contributed by atoms with van der Waals surface area (Å²) in [7, 11) is 6.88. The number of nitrogens with zero attached hydrogens (tertiary/aromatic N) is 1. The quantitative estimate of drug-likeness (QED) is 0.725. The maximum atomic E-state index is 11.1. The molecule has 16 heavy (non-hydrogen) atoms. The largest absolute Gasteiger partial charge is 0.495 e. The summed E-state index contributed by atoms with van der Waals surface area (Å²) in [6.07, 6.45) is 0.279. The summed E-state index contributed by atoms with van der Waals surface area (Å²) < 4.78 is 9.86. The molecule has 0 saturated heterocycles. The Morgan fingerprint density at radius 2 is 2.00 bits per heavy atom. The van der Waals surface area contributed by atoms with Crippen molar-refractivity contribution >= 4 is 11.7 Å². The van der Waals surface area contributed by atoms with Crippen LogP contribution in [0.1, 0.15) is 5.56 Å². The van der Waals surface area contributed by atoms with Crippen molar-refractivity contribution in [3.8, 4) is 5.75 Å². The summed E-state index contributed by atoms with van der Waals surface area (Å²) in [6, 6.07) is 5.64. The van der Waals surface area contributed by atoms with E-state index in [0.29, 0.717) is 0 Å². The van der Waals surface area contributed by atoms with Crippen molar-refractivity contribution in [3.63, 3.8) is 0 Å². The molecule has 1 aromatic carbocycles. The first kappa shape index (κ1) is 12.4. The Hall–Kier alpha value is -1.71. The topological polar surface area (TPSA) is 38.8 Å². The first-order valence-corrected chi connectivity index (χ1v) is 4.99. The molecule has 0 aliphatic heterocycles. The summed E-state index contributed by atoms with van der Waals surface area (Å²) in [5, 5.41) is 0. The highest BCUT2D eigenvalue weighted by Crippen LogP contribution is 2.27. The second-order valence-corrected chi connectivity index (χ2v) is 3.65. The van der Waals surface area contributed by atoms with Gasteiger partial charge in [-0.1, -0.05) is 6.07 Å². The number of hydrogen-bond acceptors (Lipinski definition) is 4. The van der Waals surface area contributed by atoms with Crippen molar-refractivity contribution in [2.75, 3.05) is 33.2 Å². The van der Waals surface area contributed by atoms with Crippen LogP contribution in [0.25, 0.3) is 0 Å². The molecular weight excluding hydrogens is 206 g/mol. The molecule has 0 amide bonds. The normalized spacial score (nSPS) is 9.75. The van der Waals surface area contributed by atoms with E-state index < -0.39 is 0 Å². The zero-order chi connectivity index (χ0) is 12.1. The maximum absolute atomic E-state index is 11.1. The first-order chi connectivity index (χ1) is 7.58. The monoisotopic (exact) mass is 223 g/mol. The highest BCUT2D eigenvalue weighted by Gasteiger charge is 2.09. The number of rotatable bonds is 4. The SMILES string of the molecule is COC(=O)Cc1ccc(OC)c(N(C)C)c1. The van der Waals surface area contributed by atoms with Gasteiger partial charge in [-0.3, -0.25) is 4.79 Å². The molecule has 0 aliphatic rings. The zero-order valence-electron chi connectivity index (χ0n) is 10.1. The minimum absolute atomic E-state index is 0.241. The van der Waals surface area contributed by atoms with Gasteiger partial charge in [-0.05, 0) is 17.7 Å². The average Bonchev–Trinajstić information content (AvgIpc) is 2.28. The molecule has 0 saturated carbocycles. The molecule has 0 N–H and O–H groups in total.